The summed E-state index contributed by atoms with van der Waals surface area (Å²) in [6.07, 6.45) is -2.53. The lowest BCUT2D eigenvalue weighted by molar-refractivity contribution is -0.141. The number of hydrogen-bond donors (Lipinski definition) is 0. The van der Waals surface area contributed by atoms with Crippen LogP contribution in [0.4, 0.5) is 13.2 Å². The minimum absolute atomic E-state index is 0.00647. The molecule has 2 bridgehead atoms. The van der Waals surface area contributed by atoms with Gasteiger partial charge in [0.25, 0.3) is 0 Å². The number of sulfonamides is 1. The summed E-state index contributed by atoms with van der Waals surface area (Å²) in [6, 6.07) is 2.04. The Morgan fingerprint density at radius 3 is 2.28 bits per heavy atom. The molecule has 29 heavy (non-hydrogen) atoms. The average Bonchev–Trinajstić information content (AvgIpc) is 3.14. The van der Waals surface area contributed by atoms with Gasteiger partial charge in [-0.3, -0.25) is 4.90 Å². The van der Waals surface area contributed by atoms with Crippen molar-refractivity contribution >= 4 is 10.0 Å². The van der Waals surface area contributed by atoms with Crippen LogP contribution in [0.25, 0.3) is 0 Å². The minimum atomic E-state index is -4.60. The highest BCUT2D eigenvalue weighted by molar-refractivity contribution is 7.89. The summed E-state index contributed by atoms with van der Waals surface area (Å²) in [5.41, 5.74) is -1.06. The van der Waals surface area contributed by atoms with Crippen LogP contribution in [0.2, 0.25) is 0 Å². The van der Waals surface area contributed by atoms with Crippen molar-refractivity contribution in [2.45, 2.75) is 56.3 Å². The smallest absolute Gasteiger partial charge is 0.375 e. The molecule has 0 N–H and O–H groups in total. The number of pyridine rings is 1. The van der Waals surface area contributed by atoms with Gasteiger partial charge in [0.05, 0.1) is 17.9 Å². The molecule has 0 aromatic carbocycles. The van der Waals surface area contributed by atoms with E-state index < -0.39 is 21.9 Å². The van der Waals surface area contributed by atoms with Gasteiger partial charge in [0.1, 0.15) is 10.6 Å². The molecule has 5 rings (SSSR count). The van der Waals surface area contributed by atoms with Crippen molar-refractivity contribution in [2.75, 3.05) is 32.8 Å². The SMILES string of the molecule is Cc1nc(C(F)(F)F)ccc1S(=O)(=O)N1CCN(C(C)C23COC(C)(C2)C3)CC1. The second kappa shape index (κ2) is 6.63. The van der Waals surface area contributed by atoms with Crippen LogP contribution in [0.15, 0.2) is 17.0 Å². The van der Waals surface area contributed by atoms with Gasteiger partial charge in [-0.05, 0) is 45.7 Å². The Morgan fingerprint density at radius 2 is 1.79 bits per heavy atom. The number of halogens is 3. The highest BCUT2D eigenvalue weighted by atomic mass is 32.2. The van der Waals surface area contributed by atoms with Crippen molar-refractivity contribution in [1.82, 2.24) is 14.2 Å². The van der Waals surface area contributed by atoms with Gasteiger partial charge in [0.2, 0.25) is 10.0 Å². The number of aromatic nitrogens is 1. The van der Waals surface area contributed by atoms with Crippen LogP contribution in [0, 0.1) is 12.3 Å². The molecule has 1 atom stereocenters. The van der Waals surface area contributed by atoms with Crippen molar-refractivity contribution in [1.29, 1.82) is 0 Å². The topological polar surface area (TPSA) is 62.7 Å². The van der Waals surface area contributed by atoms with Gasteiger partial charge in [-0.25, -0.2) is 13.4 Å². The monoisotopic (exact) mass is 433 g/mol. The Balaban J connectivity index is 1.44. The van der Waals surface area contributed by atoms with Crippen LogP contribution < -0.4 is 0 Å². The molecule has 1 aromatic heterocycles. The van der Waals surface area contributed by atoms with Crippen LogP contribution in [0.1, 0.15) is 38.1 Å². The number of hydrogen-bond acceptors (Lipinski definition) is 5. The molecule has 0 spiro atoms. The normalized spacial score (nSPS) is 32.2. The molecule has 3 saturated heterocycles. The summed E-state index contributed by atoms with van der Waals surface area (Å²) in [6.45, 7) is 8.16. The van der Waals surface area contributed by atoms with Crippen molar-refractivity contribution in [3.05, 3.63) is 23.5 Å². The number of rotatable bonds is 4. The first kappa shape index (κ1) is 21.0. The van der Waals surface area contributed by atoms with Crippen molar-refractivity contribution < 1.29 is 26.3 Å². The predicted octanol–water partition coefficient (Wildman–Crippen LogP) is 2.67. The van der Waals surface area contributed by atoms with E-state index in [-0.39, 0.29) is 21.6 Å². The number of aryl methyl sites for hydroxylation is 1. The fourth-order valence-electron chi connectivity index (χ4n) is 5.21. The Hall–Kier alpha value is -1.23. The fraction of sp³-hybridized carbons (Fsp3) is 0.737. The molecule has 0 radical (unpaired) electrons. The maximum Gasteiger partial charge on any atom is 0.433 e. The summed E-state index contributed by atoms with van der Waals surface area (Å²) >= 11 is 0. The first-order chi connectivity index (χ1) is 13.4. The largest absolute Gasteiger partial charge is 0.433 e. The maximum absolute atomic E-state index is 13.0. The van der Waals surface area contributed by atoms with E-state index in [0.29, 0.717) is 32.2 Å². The molecule has 6 nitrogen and oxygen atoms in total. The fourth-order valence-corrected chi connectivity index (χ4v) is 6.79. The van der Waals surface area contributed by atoms with Gasteiger partial charge < -0.3 is 4.74 Å². The van der Waals surface area contributed by atoms with E-state index in [2.05, 4.69) is 23.7 Å². The van der Waals surface area contributed by atoms with Crippen LogP contribution in [-0.4, -0.2) is 67.0 Å². The van der Waals surface area contributed by atoms with E-state index in [1.165, 1.54) is 11.2 Å². The summed E-state index contributed by atoms with van der Waals surface area (Å²) in [7, 11) is -3.89. The van der Waals surface area contributed by atoms with E-state index in [1.807, 2.05) is 0 Å². The van der Waals surface area contributed by atoms with Crippen molar-refractivity contribution in [3.8, 4) is 0 Å². The van der Waals surface area contributed by atoms with Crippen LogP contribution in [0.3, 0.4) is 0 Å². The third-order valence-electron chi connectivity index (χ3n) is 6.81. The van der Waals surface area contributed by atoms with Gasteiger partial charge >= 0.3 is 6.18 Å². The van der Waals surface area contributed by atoms with E-state index in [1.54, 1.807) is 0 Å². The lowest BCUT2D eigenvalue weighted by Gasteiger charge is -2.51. The Morgan fingerprint density at radius 1 is 1.17 bits per heavy atom. The van der Waals surface area contributed by atoms with Gasteiger partial charge in [0.15, 0.2) is 0 Å². The van der Waals surface area contributed by atoms with Crippen LogP contribution in [-0.2, 0) is 20.9 Å². The zero-order valence-electron chi connectivity index (χ0n) is 16.8. The number of nitrogens with zero attached hydrogens (tertiary/aromatic N) is 3. The number of fused-ring (bicyclic) bond motifs is 1. The zero-order chi connectivity index (χ0) is 21.2. The van der Waals surface area contributed by atoms with E-state index in [0.717, 1.165) is 31.6 Å². The molecule has 4 fully saturated rings. The molecular weight excluding hydrogens is 407 g/mol. The van der Waals surface area contributed by atoms with Gasteiger partial charge in [0, 0.05) is 37.6 Å². The summed E-state index contributed by atoms with van der Waals surface area (Å²) in [5, 5.41) is 0. The third-order valence-corrected chi connectivity index (χ3v) is 8.85. The minimum Gasteiger partial charge on any atom is -0.375 e. The Kier molecular flexibility index (Phi) is 4.81. The quantitative estimate of drug-likeness (QED) is 0.731. The molecule has 10 heteroatoms. The zero-order valence-corrected chi connectivity index (χ0v) is 17.6. The second-order valence-electron chi connectivity index (χ2n) is 8.85. The molecule has 4 heterocycles. The first-order valence-corrected chi connectivity index (χ1v) is 11.2. The average molecular weight is 433 g/mol. The first-order valence-electron chi connectivity index (χ1n) is 9.79. The van der Waals surface area contributed by atoms with Gasteiger partial charge in [-0.15, -0.1) is 0 Å². The highest BCUT2D eigenvalue weighted by Crippen LogP contribution is 2.60. The van der Waals surface area contributed by atoms with Crippen LogP contribution >= 0.6 is 0 Å². The molecule has 1 unspecified atom stereocenters. The number of piperazine rings is 1. The van der Waals surface area contributed by atoms with E-state index >= 15 is 0 Å². The van der Waals surface area contributed by atoms with Crippen LogP contribution in [0.5, 0.6) is 0 Å². The molecule has 1 saturated carbocycles. The second-order valence-corrected chi connectivity index (χ2v) is 10.8. The van der Waals surface area contributed by atoms with Gasteiger partial charge in [-0.1, -0.05) is 0 Å². The number of ether oxygens (including phenoxy) is 1. The molecule has 4 aliphatic rings. The Labute approximate surface area is 169 Å². The molecule has 162 valence electrons. The molecule has 1 aromatic rings. The standard InChI is InChI=1S/C19H26F3N3O3S/c1-13-15(4-5-16(23-13)19(20,21)22)29(26,27)25-8-6-24(7-9-25)14(2)18-10-17(3,11-18)28-12-18/h4-5,14H,6-12H2,1-3H3. The molecule has 1 aliphatic carbocycles. The predicted molar refractivity (Wildman–Crippen MR) is 99.8 cm³/mol. The molecule has 3 aliphatic heterocycles. The summed E-state index contributed by atoms with van der Waals surface area (Å²) < 4.78 is 71.7. The number of alkyl halides is 3. The van der Waals surface area contributed by atoms with E-state index in [4.69, 9.17) is 4.74 Å². The Bertz CT molecular complexity index is 905. The maximum atomic E-state index is 13.0. The van der Waals surface area contributed by atoms with Gasteiger partial charge in [-0.2, -0.15) is 17.5 Å². The molecule has 0 amide bonds. The third kappa shape index (κ3) is 3.47. The lowest BCUT2D eigenvalue weighted by Crippen LogP contribution is -2.59. The highest BCUT2D eigenvalue weighted by Gasteiger charge is 2.62. The van der Waals surface area contributed by atoms with E-state index in [9.17, 15) is 21.6 Å². The summed E-state index contributed by atoms with van der Waals surface area (Å²) in [5.74, 6) is 0. The molecular formula is C19H26F3N3O3S. The summed E-state index contributed by atoms with van der Waals surface area (Å²) in [4.78, 5) is 5.61. The van der Waals surface area contributed by atoms with Crippen molar-refractivity contribution in [3.63, 3.8) is 0 Å². The lowest BCUT2D eigenvalue weighted by atomic mass is 9.59. The van der Waals surface area contributed by atoms with Crippen molar-refractivity contribution in [2.24, 2.45) is 5.41 Å².